The summed E-state index contributed by atoms with van der Waals surface area (Å²) in [6.07, 6.45) is 0. The van der Waals surface area contributed by atoms with Crippen LogP contribution >= 0.6 is 43.2 Å². The zero-order valence-corrected chi connectivity index (χ0v) is 8.94. The SMILES string of the molecule is Cc1cc(CBr)sc1Br. The first-order chi connectivity index (χ1) is 4.24. The molecule has 9 heavy (non-hydrogen) atoms. The summed E-state index contributed by atoms with van der Waals surface area (Å²) in [7, 11) is 0. The van der Waals surface area contributed by atoms with Crippen LogP contribution in [0.2, 0.25) is 0 Å². The number of hydrogen-bond donors (Lipinski definition) is 0. The molecule has 1 heterocycles. The summed E-state index contributed by atoms with van der Waals surface area (Å²) in [6.45, 7) is 2.10. The number of hydrogen-bond acceptors (Lipinski definition) is 1. The van der Waals surface area contributed by atoms with Gasteiger partial charge in [-0.25, -0.2) is 0 Å². The molecule has 0 saturated heterocycles. The summed E-state index contributed by atoms with van der Waals surface area (Å²) in [4.78, 5) is 1.37. The van der Waals surface area contributed by atoms with Gasteiger partial charge in [0, 0.05) is 10.2 Å². The molecule has 0 aromatic carbocycles. The van der Waals surface area contributed by atoms with E-state index in [1.54, 1.807) is 11.3 Å². The van der Waals surface area contributed by atoms with E-state index in [9.17, 15) is 0 Å². The van der Waals surface area contributed by atoms with Crippen LogP contribution in [0.5, 0.6) is 0 Å². The van der Waals surface area contributed by atoms with Crippen LogP contribution in [0, 0.1) is 6.92 Å². The van der Waals surface area contributed by atoms with Crippen molar-refractivity contribution in [3.05, 3.63) is 20.3 Å². The van der Waals surface area contributed by atoms with Crippen molar-refractivity contribution in [2.75, 3.05) is 0 Å². The molecule has 0 aliphatic rings. The minimum Gasteiger partial charge on any atom is -0.132 e. The van der Waals surface area contributed by atoms with Crippen molar-refractivity contribution in [1.29, 1.82) is 0 Å². The molecule has 0 saturated carbocycles. The van der Waals surface area contributed by atoms with Gasteiger partial charge in [-0.05, 0) is 34.5 Å². The van der Waals surface area contributed by atoms with Gasteiger partial charge >= 0.3 is 0 Å². The lowest BCUT2D eigenvalue weighted by atomic mass is 10.4. The van der Waals surface area contributed by atoms with Gasteiger partial charge in [-0.15, -0.1) is 11.3 Å². The molecule has 1 aromatic heterocycles. The zero-order chi connectivity index (χ0) is 6.85. The molecule has 0 unspecified atom stereocenters. The van der Waals surface area contributed by atoms with E-state index in [-0.39, 0.29) is 0 Å². The van der Waals surface area contributed by atoms with Crippen LogP contribution in [-0.2, 0) is 5.33 Å². The van der Waals surface area contributed by atoms with Crippen molar-refractivity contribution in [3.8, 4) is 0 Å². The van der Waals surface area contributed by atoms with Crippen LogP contribution in [0.4, 0.5) is 0 Å². The molecule has 0 aliphatic heterocycles. The van der Waals surface area contributed by atoms with Crippen LogP contribution in [-0.4, -0.2) is 0 Å². The first-order valence-corrected chi connectivity index (χ1v) is 5.28. The Bertz CT molecular complexity index is 185. The summed E-state index contributed by atoms with van der Waals surface area (Å²) >= 11 is 8.63. The standard InChI is InChI=1S/C6H6Br2S/c1-4-2-5(3-7)9-6(4)8/h2H,3H2,1H3. The molecule has 0 radical (unpaired) electrons. The molecule has 0 atom stereocenters. The van der Waals surface area contributed by atoms with E-state index < -0.39 is 0 Å². The predicted octanol–water partition coefficient (Wildman–Crippen LogP) is 3.71. The van der Waals surface area contributed by atoms with Gasteiger partial charge in [0.15, 0.2) is 0 Å². The quantitative estimate of drug-likeness (QED) is 0.682. The molecule has 0 bridgehead atoms. The molecule has 0 spiro atoms. The fourth-order valence-electron chi connectivity index (χ4n) is 0.589. The van der Waals surface area contributed by atoms with Gasteiger partial charge in [0.1, 0.15) is 0 Å². The minimum atomic E-state index is 0.962. The highest BCUT2D eigenvalue weighted by Gasteiger charge is 1.99. The van der Waals surface area contributed by atoms with Gasteiger partial charge in [-0.2, -0.15) is 0 Å². The van der Waals surface area contributed by atoms with Crippen molar-refractivity contribution in [2.24, 2.45) is 0 Å². The molecular formula is C6H6Br2S. The Balaban J connectivity index is 2.98. The highest BCUT2D eigenvalue weighted by atomic mass is 79.9. The van der Waals surface area contributed by atoms with Gasteiger partial charge in [-0.1, -0.05) is 15.9 Å². The van der Waals surface area contributed by atoms with Crippen molar-refractivity contribution in [1.82, 2.24) is 0 Å². The Kier molecular flexibility index (Phi) is 2.73. The molecule has 50 valence electrons. The van der Waals surface area contributed by atoms with E-state index in [0.717, 1.165) is 5.33 Å². The van der Waals surface area contributed by atoms with E-state index in [2.05, 4.69) is 44.8 Å². The number of rotatable bonds is 1. The summed E-state index contributed by atoms with van der Waals surface area (Å²) in [5.41, 5.74) is 1.33. The number of alkyl halides is 1. The third kappa shape index (κ3) is 1.79. The van der Waals surface area contributed by atoms with Crippen molar-refractivity contribution in [2.45, 2.75) is 12.3 Å². The van der Waals surface area contributed by atoms with Gasteiger partial charge < -0.3 is 0 Å². The minimum absolute atomic E-state index is 0.962. The monoisotopic (exact) mass is 268 g/mol. The van der Waals surface area contributed by atoms with E-state index >= 15 is 0 Å². The second-order valence-corrected chi connectivity index (χ2v) is 4.82. The maximum atomic E-state index is 3.45. The molecule has 0 aliphatic carbocycles. The van der Waals surface area contributed by atoms with Gasteiger partial charge in [0.2, 0.25) is 0 Å². The third-order valence-corrected chi connectivity index (χ3v) is 4.15. The van der Waals surface area contributed by atoms with Crippen LogP contribution in [0.3, 0.4) is 0 Å². The maximum absolute atomic E-state index is 3.45. The number of aryl methyl sites for hydroxylation is 1. The third-order valence-electron chi connectivity index (χ3n) is 1.04. The lowest BCUT2D eigenvalue weighted by molar-refractivity contribution is 1.48. The average Bonchev–Trinajstić information content (AvgIpc) is 2.13. The Morgan fingerprint density at radius 1 is 1.67 bits per heavy atom. The Labute approximate surface area is 75.5 Å². The van der Waals surface area contributed by atoms with Crippen LogP contribution in [0.25, 0.3) is 0 Å². The molecule has 0 nitrogen and oxygen atoms in total. The predicted molar refractivity (Wildman–Crippen MR) is 49.4 cm³/mol. The largest absolute Gasteiger partial charge is 0.132 e. The molecule has 3 heteroatoms. The smallest absolute Gasteiger partial charge is 0.0730 e. The van der Waals surface area contributed by atoms with E-state index in [4.69, 9.17) is 0 Å². The molecule has 0 amide bonds. The topological polar surface area (TPSA) is 0 Å². The van der Waals surface area contributed by atoms with Crippen molar-refractivity contribution < 1.29 is 0 Å². The number of halogens is 2. The zero-order valence-electron chi connectivity index (χ0n) is 4.95. The first-order valence-electron chi connectivity index (χ1n) is 2.55. The molecule has 0 N–H and O–H groups in total. The highest BCUT2D eigenvalue weighted by Crippen LogP contribution is 2.28. The first kappa shape index (κ1) is 7.76. The summed E-state index contributed by atoms with van der Waals surface area (Å²) in [6, 6.07) is 2.18. The normalized spacial score (nSPS) is 10.1. The van der Waals surface area contributed by atoms with Crippen molar-refractivity contribution in [3.63, 3.8) is 0 Å². The summed E-state index contributed by atoms with van der Waals surface area (Å²) in [5, 5.41) is 0.962. The Hall–Kier alpha value is 0.660. The molecular weight excluding hydrogens is 264 g/mol. The molecule has 0 fully saturated rings. The fourth-order valence-corrected chi connectivity index (χ4v) is 2.57. The van der Waals surface area contributed by atoms with Crippen LogP contribution in [0.15, 0.2) is 9.85 Å². The van der Waals surface area contributed by atoms with Gasteiger partial charge in [0.05, 0.1) is 3.79 Å². The summed E-state index contributed by atoms with van der Waals surface area (Å²) in [5.74, 6) is 0. The van der Waals surface area contributed by atoms with Crippen LogP contribution < -0.4 is 0 Å². The van der Waals surface area contributed by atoms with Crippen molar-refractivity contribution >= 4 is 43.2 Å². The summed E-state index contributed by atoms with van der Waals surface area (Å²) < 4.78 is 1.25. The van der Waals surface area contributed by atoms with E-state index in [1.807, 2.05) is 0 Å². The Morgan fingerprint density at radius 2 is 2.33 bits per heavy atom. The lowest BCUT2D eigenvalue weighted by Crippen LogP contribution is -1.61. The highest BCUT2D eigenvalue weighted by molar-refractivity contribution is 9.11. The fraction of sp³-hybridized carbons (Fsp3) is 0.333. The maximum Gasteiger partial charge on any atom is 0.0730 e. The van der Waals surface area contributed by atoms with Crippen LogP contribution in [0.1, 0.15) is 10.4 Å². The average molecular weight is 270 g/mol. The molecule has 1 aromatic rings. The lowest BCUT2D eigenvalue weighted by Gasteiger charge is -1.78. The Morgan fingerprint density at radius 3 is 2.56 bits per heavy atom. The van der Waals surface area contributed by atoms with Gasteiger partial charge in [0.25, 0.3) is 0 Å². The molecule has 1 rings (SSSR count). The second kappa shape index (κ2) is 3.17. The second-order valence-electron chi connectivity index (χ2n) is 1.80. The number of thiophene rings is 1. The van der Waals surface area contributed by atoms with Gasteiger partial charge in [-0.3, -0.25) is 0 Å². The van der Waals surface area contributed by atoms with E-state index in [1.165, 1.54) is 14.2 Å². The van der Waals surface area contributed by atoms with E-state index in [0.29, 0.717) is 0 Å².